The number of piperidine rings is 1. The molecule has 3 aromatic rings. The lowest BCUT2D eigenvalue weighted by Gasteiger charge is -2.19. The highest BCUT2D eigenvalue weighted by molar-refractivity contribution is 6.01. The normalized spacial score (nSPS) is 14.2. The number of carbonyl (C=O) groups excluding carboxylic acids is 1. The van der Waals surface area contributed by atoms with Crippen molar-refractivity contribution in [2.24, 2.45) is 7.05 Å². The Morgan fingerprint density at radius 1 is 1.23 bits per heavy atom. The van der Waals surface area contributed by atoms with E-state index in [1.165, 1.54) is 0 Å². The van der Waals surface area contributed by atoms with Gasteiger partial charge in [0, 0.05) is 19.2 Å². The van der Waals surface area contributed by atoms with Crippen LogP contribution in [0.2, 0.25) is 0 Å². The number of carbonyl (C=O) groups is 1. The predicted octanol–water partition coefficient (Wildman–Crippen LogP) is 2.46. The Morgan fingerprint density at radius 2 is 2.00 bits per heavy atom. The molecule has 10 heteroatoms. The van der Waals surface area contributed by atoms with E-state index in [-0.39, 0.29) is 18.3 Å². The van der Waals surface area contributed by atoms with Gasteiger partial charge in [-0.05, 0) is 56.6 Å². The molecule has 2 aromatic heterocycles. The Balaban J connectivity index is 0.00000256. The smallest absolute Gasteiger partial charge is 0.278 e. The molecule has 1 aromatic carbocycles. The fraction of sp³-hybridized carbons (Fsp3) is 0.400. The second-order valence-electron chi connectivity index (χ2n) is 7.22. The van der Waals surface area contributed by atoms with Gasteiger partial charge in [0.2, 0.25) is 5.95 Å². The molecule has 1 aliphatic rings. The molecule has 0 spiro atoms. The summed E-state index contributed by atoms with van der Waals surface area (Å²) in [6, 6.07) is 7.48. The third-order valence-corrected chi connectivity index (χ3v) is 5.11. The Morgan fingerprint density at radius 3 is 2.73 bits per heavy atom. The number of benzene rings is 1. The number of aryl methyl sites for hydroxylation is 2. The predicted molar refractivity (Wildman–Crippen MR) is 116 cm³/mol. The first-order valence-electron chi connectivity index (χ1n) is 9.69. The number of nitrogens with one attached hydrogen (secondary N) is 2. The minimum absolute atomic E-state index is 0. The lowest BCUT2D eigenvalue weighted by Crippen LogP contribution is -2.27. The highest BCUT2D eigenvalue weighted by atomic mass is 35.5. The van der Waals surface area contributed by atoms with Crippen molar-refractivity contribution in [2.45, 2.75) is 25.7 Å². The Kier molecular flexibility index (Phi) is 6.73. The van der Waals surface area contributed by atoms with Gasteiger partial charge in [-0.25, -0.2) is 9.36 Å². The van der Waals surface area contributed by atoms with Crippen LogP contribution in [0.15, 0.2) is 30.5 Å². The topological polar surface area (TPSA) is 98.9 Å². The Labute approximate surface area is 181 Å². The number of ether oxygens (including phenoxy) is 1. The van der Waals surface area contributed by atoms with Crippen molar-refractivity contribution in [3.8, 4) is 11.4 Å². The zero-order valence-electron chi connectivity index (χ0n) is 17.3. The Bertz CT molecular complexity index is 1020. The van der Waals surface area contributed by atoms with Gasteiger partial charge in [-0.2, -0.15) is 15.2 Å². The number of hydrogen-bond acceptors (Lipinski definition) is 6. The van der Waals surface area contributed by atoms with E-state index < -0.39 is 0 Å². The molecular weight excluding hydrogens is 406 g/mol. The molecule has 0 saturated carbocycles. The molecule has 1 saturated heterocycles. The number of halogens is 1. The quantitative estimate of drug-likeness (QED) is 0.643. The summed E-state index contributed by atoms with van der Waals surface area (Å²) in [4.78, 5) is 17.2. The maximum absolute atomic E-state index is 12.7. The molecule has 1 amide bonds. The summed E-state index contributed by atoms with van der Waals surface area (Å²) in [6.45, 7) is 3.92. The molecule has 9 nitrogen and oxygen atoms in total. The van der Waals surface area contributed by atoms with Gasteiger partial charge in [-0.3, -0.25) is 10.1 Å². The monoisotopic (exact) mass is 431 g/mol. The van der Waals surface area contributed by atoms with Gasteiger partial charge >= 0.3 is 0 Å². The van der Waals surface area contributed by atoms with Gasteiger partial charge in [-0.1, -0.05) is 6.07 Å². The highest BCUT2D eigenvalue weighted by Crippen LogP contribution is 2.25. The van der Waals surface area contributed by atoms with E-state index in [0.717, 1.165) is 43.0 Å². The summed E-state index contributed by atoms with van der Waals surface area (Å²) in [6.07, 6.45) is 3.74. The van der Waals surface area contributed by atoms with Crippen molar-refractivity contribution in [3.05, 3.63) is 47.5 Å². The number of aromatic nitrogens is 5. The van der Waals surface area contributed by atoms with Crippen LogP contribution in [0.25, 0.3) is 5.69 Å². The SMILES string of the molecule is COc1ccc(C)cc1-n1ccc(C(=O)Nc2nc(C3CCNCC3)nn2C)n1.Cl. The zero-order chi connectivity index (χ0) is 20.4. The third-order valence-electron chi connectivity index (χ3n) is 5.11. The van der Waals surface area contributed by atoms with Crippen LogP contribution >= 0.6 is 12.4 Å². The molecular formula is C20H26ClN7O2. The van der Waals surface area contributed by atoms with Crippen LogP contribution in [-0.4, -0.2) is 50.7 Å². The molecule has 0 unspecified atom stereocenters. The maximum Gasteiger partial charge on any atom is 0.278 e. The van der Waals surface area contributed by atoms with Crippen molar-refractivity contribution in [2.75, 3.05) is 25.5 Å². The number of rotatable bonds is 5. The number of anilines is 1. The lowest BCUT2D eigenvalue weighted by atomic mass is 9.98. The van der Waals surface area contributed by atoms with Crippen LogP contribution < -0.4 is 15.4 Å². The van der Waals surface area contributed by atoms with E-state index >= 15 is 0 Å². The number of hydrogen-bond donors (Lipinski definition) is 2. The van der Waals surface area contributed by atoms with E-state index in [2.05, 4.69) is 25.8 Å². The van der Waals surface area contributed by atoms with Crippen LogP contribution in [0.4, 0.5) is 5.95 Å². The molecule has 1 aliphatic heterocycles. The van der Waals surface area contributed by atoms with E-state index in [0.29, 0.717) is 23.3 Å². The summed E-state index contributed by atoms with van der Waals surface area (Å²) in [5.74, 6) is 1.87. The van der Waals surface area contributed by atoms with E-state index in [4.69, 9.17) is 4.74 Å². The maximum atomic E-state index is 12.7. The number of amides is 1. The van der Waals surface area contributed by atoms with Crippen molar-refractivity contribution in [1.82, 2.24) is 29.9 Å². The molecule has 0 atom stereocenters. The van der Waals surface area contributed by atoms with Gasteiger partial charge in [0.1, 0.15) is 11.4 Å². The van der Waals surface area contributed by atoms with Crippen LogP contribution in [0, 0.1) is 6.92 Å². The average Bonchev–Trinajstić information content (AvgIpc) is 3.36. The standard InChI is InChI=1S/C20H25N7O2.ClH/c1-13-4-5-17(29-3)16(12-13)27-11-8-15(24-27)19(28)23-20-22-18(25-26(20)2)14-6-9-21-10-7-14;/h4-5,8,11-12,14,21H,6-7,9-10H2,1-3H3,(H,22,23,25,28);1H. The first kappa shape index (κ1) is 21.8. The molecule has 0 bridgehead atoms. The van der Waals surface area contributed by atoms with Gasteiger partial charge in [0.25, 0.3) is 5.91 Å². The van der Waals surface area contributed by atoms with E-state index in [9.17, 15) is 4.79 Å². The zero-order valence-corrected chi connectivity index (χ0v) is 18.1. The van der Waals surface area contributed by atoms with Gasteiger partial charge in [-0.15, -0.1) is 12.4 Å². The first-order valence-corrected chi connectivity index (χ1v) is 9.69. The lowest BCUT2D eigenvalue weighted by molar-refractivity contribution is 0.102. The van der Waals surface area contributed by atoms with E-state index in [1.807, 2.05) is 25.1 Å². The summed E-state index contributed by atoms with van der Waals surface area (Å²) >= 11 is 0. The number of methoxy groups -OCH3 is 1. The number of nitrogens with zero attached hydrogens (tertiary/aromatic N) is 5. The highest BCUT2D eigenvalue weighted by Gasteiger charge is 2.22. The molecule has 1 fully saturated rings. The minimum Gasteiger partial charge on any atom is -0.494 e. The molecule has 0 aliphatic carbocycles. The van der Waals surface area contributed by atoms with Crippen LogP contribution in [0.3, 0.4) is 0 Å². The molecule has 2 N–H and O–H groups in total. The molecule has 4 rings (SSSR count). The second-order valence-corrected chi connectivity index (χ2v) is 7.22. The van der Waals surface area contributed by atoms with Gasteiger partial charge < -0.3 is 10.1 Å². The van der Waals surface area contributed by atoms with Crippen molar-refractivity contribution in [1.29, 1.82) is 0 Å². The summed E-state index contributed by atoms with van der Waals surface area (Å²) in [5, 5.41) is 15.1. The average molecular weight is 432 g/mol. The third kappa shape index (κ3) is 4.47. The second kappa shape index (κ2) is 9.27. The summed E-state index contributed by atoms with van der Waals surface area (Å²) in [5.41, 5.74) is 2.14. The van der Waals surface area contributed by atoms with Gasteiger partial charge in [0.05, 0.1) is 7.11 Å². The summed E-state index contributed by atoms with van der Waals surface area (Å²) in [7, 11) is 3.39. The fourth-order valence-electron chi connectivity index (χ4n) is 3.49. The van der Waals surface area contributed by atoms with Crippen molar-refractivity contribution in [3.63, 3.8) is 0 Å². The van der Waals surface area contributed by atoms with Gasteiger partial charge in [0.15, 0.2) is 11.5 Å². The minimum atomic E-state index is -0.331. The molecule has 0 radical (unpaired) electrons. The molecule has 3 heterocycles. The van der Waals surface area contributed by atoms with Crippen LogP contribution in [0.5, 0.6) is 5.75 Å². The van der Waals surface area contributed by atoms with Crippen LogP contribution in [-0.2, 0) is 7.05 Å². The summed E-state index contributed by atoms with van der Waals surface area (Å²) < 4.78 is 8.65. The Hall–Kier alpha value is -2.91. The van der Waals surface area contributed by atoms with Crippen molar-refractivity contribution < 1.29 is 9.53 Å². The van der Waals surface area contributed by atoms with Crippen molar-refractivity contribution >= 4 is 24.3 Å². The largest absolute Gasteiger partial charge is 0.494 e. The van der Waals surface area contributed by atoms with E-state index in [1.54, 1.807) is 35.8 Å². The van der Waals surface area contributed by atoms with Crippen LogP contribution in [0.1, 0.15) is 40.6 Å². The molecule has 30 heavy (non-hydrogen) atoms. The first-order chi connectivity index (χ1) is 14.0. The fourth-order valence-corrected chi connectivity index (χ4v) is 3.49. The molecule has 160 valence electrons.